The first-order valence-corrected chi connectivity index (χ1v) is 9.05. The van der Waals surface area contributed by atoms with Crippen molar-refractivity contribution in [2.75, 3.05) is 37.6 Å². The average molecular weight is 347 g/mol. The fraction of sp³-hybridized carbons (Fsp3) is 0.350. The van der Waals surface area contributed by atoms with Crippen molar-refractivity contribution in [3.8, 4) is 17.2 Å². The molecule has 4 rings (SSSR count). The zero-order valence-electron chi connectivity index (χ0n) is 15.2. The highest BCUT2D eigenvalue weighted by Crippen LogP contribution is 2.29. The van der Waals surface area contributed by atoms with Crippen LogP contribution >= 0.6 is 0 Å². The molecule has 1 fully saturated rings. The first-order chi connectivity index (χ1) is 12.7. The summed E-state index contributed by atoms with van der Waals surface area (Å²) >= 11 is 0. The number of aryl methyl sites for hydroxylation is 1. The third-order valence-corrected chi connectivity index (χ3v) is 5.28. The Hall–Kier alpha value is -2.91. The normalized spacial score (nSPS) is 15.3. The van der Waals surface area contributed by atoms with E-state index in [1.807, 2.05) is 28.9 Å². The Labute approximate surface area is 153 Å². The maximum Gasteiger partial charge on any atom is 0.165 e. The van der Waals surface area contributed by atoms with Crippen LogP contribution in [0.3, 0.4) is 0 Å². The van der Waals surface area contributed by atoms with Crippen LogP contribution in [0.5, 0.6) is 0 Å². The molecule has 6 heteroatoms. The van der Waals surface area contributed by atoms with Gasteiger partial charge in [0.15, 0.2) is 12.2 Å². The van der Waals surface area contributed by atoms with Gasteiger partial charge in [0.2, 0.25) is 0 Å². The quantitative estimate of drug-likeness (QED) is 0.724. The molecule has 6 nitrogen and oxygen atoms in total. The second-order valence-electron chi connectivity index (χ2n) is 6.88. The number of anilines is 1. The summed E-state index contributed by atoms with van der Waals surface area (Å²) in [7, 11) is 0. The lowest BCUT2D eigenvalue weighted by Gasteiger charge is -2.33. The minimum atomic E-state index is 0.581. The molecule has 0 bridgehead atoms. The molecule has 0 aliphatic carbocycles. The number of fused-ring (bicyclic) bond motifs is 1. The molecule has 0 unspecified atom stereocenters. The van der Waals surface area contributed by atoms with Crippen LogP contribution in [0.4, 0.5) is 5.82 Å². The summed E-state index contributed by atoms with van der Waals surface area (Å²) in [6.45, 7) is 8.57. The van der Waals surface area contributed by atoms with Crippen molar-refractivity contribution < 1.29 is 4.90 Å². The van der Waals surface area contributed by atoms with Crippen molar-refractivity contribution in [2.45, 2.75) is 13.8 Å². The van der Waals surface area contributed by atoms with Crippen LogP contribution in [0.1, 0.15) is 11.3 Å². The molecule has 0 saturated carbocycles. The van der Waals surface area contributed by atoms with Gasteiger partial charge in [-0.25, -0.2) is 4.98 Å². The second kappa shape index (κ2) is 6.77. The molecular formula is C20H23N6+. The largest absolute Gasteiger partial charge is 0.345 e. The molecule has 1 N–H and O–H groups in total. The van der Waals surface area contributed by atoms with Crippen LogP contribution < -0.4 is 9.80 Å². The van der Waals surface area contributed by atoms with E-state index < -0.39 is 0 Å². The Bertz CT molecular complexity index is 961. The molecule has 1 saturated heterocycles. The Balaban J connectivity index is 1.77. The number of rotatable bonds is 3. The summed E-state index contributed by atoms with van der Waals surface area (Å²) in [6.07, 6.45) is 1.91. The number of nitrogens with one attached hydrogen (secondary N) is 1. The van der Waals surface area contributed by atoms with Crippen molar-refractivity contribution in [1.29, 1.82) is 5.26 Å². The van der Waals surface area contributed by atoms with Gasteiger partial charge in [-0.2, -0.15) is 14.9 Å². The summed E-state index contributed by atoms with van der Waals surface area (Å²) < 4.78 is 1.99. The van der Waals surface area contributed by atoms with E-state index in [0.717, 1.165) is 54.5 Å². The molecule has 0 radical (unpaired) electrons. The van der Waals surface area contributed by atoms with Gasteiger partial charge in [-0.15, -0.1) is 0 Å². The highest BCUT2D eigenvalue weighted by molar-refractivity contribution is 5.78. The Kier molecular flexibility index (Phi) is 4.31. The molecule has 0 spiro atoms. The number of piperazine rings is 1. The first kappa shape index (κ1) is 16.6. The predicted molar refractivity (Wildman–Crippen MR) is 101 cm³/mol. The zero-order chi connectivity index (χ0) is 18.1. The lowest BCUT2D eigenvalue weighted by atomic mass is 10.1. The van der Waals surface area contributed by atoms with Gasteiger partial charge in [-0.05, 0) is 19.4 Å². The van der Waals surface area contributed by atoms with Gasteiger partial charge in [0.05, 0.1) is 32.4 Å². The molecule has 2 aromatic heterocycles. The second-order valence-corrected chi connectivity index (χ2v) is 6.88. The molecule has 1 aromatic carbocycles. The van der Waals surface area contributed by atoms with Crippen molar-refractivity contribution in [1.82, 2.24) is 14.6 Å². The van der Waals surface area contributed by atoms with Crippen molar-refractivity contribution in [3.63, 3.8) is 0 Å². The van der Waals surface area contributed by atoms with Crippen LogP contribution in [0.25, 0.3) is 16.8 Å². The highest BCUT2D eigenvalue weighted by Gasteiger charge is 2.25. The molecule has 3 aromatic rings. The molecule has 132 valence electrons. The van der Waals surface area contributed by atoms with Crippen LogP contribution in [-0.4, -0.2) is 47.3 Å². The molecule has 3 heterocycles. The number of nitriles is 1. The number of aromatic nitrogens is 3. The minimum absolute atomic E-state index is 0.581. The Morgan fingerprint density at radius 3 is 2.58 bits per heavy atom. The number of benzene rings is 1. The fourth-order valence-corrected chi connectivity index (χ4v) is 3.68. The van der Waals surface area contributed by atoms with E-state index in [1.165, 1.54) is 10.5 Å². The van der Waals surface area contributed by atoms with E-state index in [1.54, 1.807) is 0 Å². The van der Waals surface area contributed by atoms with Gasteiger partial charge in [-0.1, -0.05) is 30.3 Å². The summed E-state index contributed by atoms with van der Waals surface area (Å²) in [5, 5.41) is 13.6. The van der Waals surface area contributed by atoms with Crippen molar-refractivity contribution in [2.24, 2.45) is 0 Å². The van der Waals surface area contributed by atoms with E-state index in [4.69, 9.17) is 10.2 Å². The number of nitrogens with zero attached hydrogens (tertiary/aromatic N) is 5. The Morgan fingerprint density at radius 1 is 1.15 bits per heavy atom. The molecule has 0 amide bonds. The van der Waals surface area contributed by atoms with Gasteiger partial charge >= 0.3 is 0 Å². The number of quaternary nitrogens is 1. The molecule has 1 aliphatic rings. The van der Waals surface area contributed by atoms with E-state index in [0.29, 0.717) is 6.54 Å². The maximum atomic E-state index is 8.93. The van der Waals surface area contributed by atoms with Crippen LogP contribution in [0.2, 0.25) is 0 Å². The molecule has 1 aliphatic heterocycles. The SMILES string of the molecule is Cc1nc2c(-c3ccccc3)cnn2c(N2CC[NH+](CC#N)CC2)c1C. The predicted octanol–water partition coefficient (Wildman–Crippen LogP) is 1.24. The van der Waals surface area contributed by atoms with E-state index in [-0.39, 0.29) is 0 Å². The third kappa shape index (κ3) is 2.80. The third-order valence-electron chi connectivity index (χ3n) is 5.28. The Morgan fingerprint density at radius 2 is 1.88 bits per heavy atom. The van der Waals surface area contributed by atoms with Gasteiger partial charge in [0.1, 0.15) is 11.9 Å². The number of hydrogen-bond acceptors (Lipinski definition) is 4. The monoisotopic (exact) mass is 347 g/mol. The summed E-state index contributed by atoms with van der Waals surface area (Å²) in [4.78, 5) is 8.58. The fourth-order valence-electron chi connectivity index (χ4n) is 3.68. The maximum absolute atomic E-state index is 8.93. The lowest BCUT2D eigenvalue weighted by Crippen LogP contribution is -3.14. The molecular weight excluding hydrogens is 324 g/mol. The van der Waals surface area contributed by atoms with Gasteiger partial charge in [0, 0.05) is 16.8 Å². The topological polar surface area (TPSA) is 61.7 Å². The van der Waals surface area contributed by atoms with E-state index >= 15 is 0 Å². The van der Waals surface area contributed by atoms with Gasteiger partial charge < -0.3 is 9.80 Å². The van der Waals surface area contributed by atoms with Crippen LogP contribution in [0.15, 0.2) is 36.5 Å². The number of hydrogen-bond donors (Lipinski definition) is 1. The average Bonchev–Trinajstić information content (AvgIpc) is 3.08. The lowest BCUT2D eigenvalue weighted by molar-refractivity contribution is -0.893. The smallest absolute Gasteiger partial charge is 0.165 e. The summed E-state index contributed by atoms with van der Waals surface area (Å²) in [6, 6.07) is 12.6. The van der Waals surface area contributed by atoms with Crippen LogP contribution in [-0.2, 0) is 0 Å². The standard InChI is InChI=1S/C20H22N6/c1-15-16(2)23-19-18(17-6-4-3-5-7-17)14-22-26(19)20(15)25-12-10-24(9-8-21)11-13-25/h3-7,14H,9-13H2,1-2H3/p+1. The van der Waals surface area contributed by atoms with Gasteiger partial charge in [-0.3, -0.25) is 0 Å². The van der Waals surface area contributed by atoms with Crippen molar-refractivity contribution >= 4 is 11.5 Å². The first-order valence-electron chi connectivity index (χ1n) is 9.05. The van der Waals surface area contributed by atoms with Crippen LogP contribution in [0, 0.1) is 25.2 Å². The minimum Gasteiger partial charge on any atom is -0.345 e. The van der Waals surface area contributed by atoms with E-state index in [2.05, 4.69) is 42.0 Å². The molecule has 26 heavy (non-hydrogen) atoms. The highest BCUT2D eigenvalue weighted by atomic mass is 15.4. The zero-order valence-corrected chi connectivity index (χ0v) is 15.2. The molecule has 0 atom stereocenters. The summed E-state index contributed by atoms with van der Waals surface area (Å²) in [5.41, 5.74) is 5.30. The van der Waals surface area contributed by atoms with E-state index in [9.17, 15) is 0 Å². The van der Waals surface area contributed by atoms with Gasteiger partial charge in [0.25, 0.3) is 0 Å². The summed E-state index contributed by atoms with van der Waals surface area (Å²) in [5.74, 6) is 1.13. The van der Waals surface area contributed by atoms with Crippen molar-refractivity contribution in [3.05, 3.63) is 47.8 Å².